The molecule has 0 aromatic heterocycles. The summed E-state index contributed by atoms with van der Waals surface area (Å²) in [6.07, 6.45) is 13.3. The summed E-state index contributed by atoms with van der Waals surface area (Å²) in [5, 5.41) is 3.37. The Labute approximate surface area is 119 Å². The zero-order valence-corrected chi connectivity index (χ0v) is 14.3. The van der Waals surface area contributed by atoms with Crippen molar-refractivity contribution >= 4 is 41.3 Å². The van der Waals surface area contributed by atoms with Gasteiger partial charge in [0.1, 0.15) is 0 Å². The fraction of sp³-hybridized carbons (Fsp3) is 1.00. The summed E-state index contributed by atoms with van der Waals surface area (Å²) in [7, 11) is 2.69. The van der Waals surface area contributed by atoms with Gasteiger partial charge in [-0.05, 0) is 25.7 Å². The van der Waals surface area contributed by atoms with Crippen molar-refractivity contribution in [3.8, 4) is 0 Å². The molecule has 96 valence electrons. The highest BCUT2D eigenvalue weighted by atomic mass is 79.9. The first kappa shape index (κ1) is 15.4. The van der Waals surface area contributed by atoms with E-state index in [1.165, 1.54) is 64.2 Å². The molecule has 0 spiro atoms. The molecule has 0 aliphatic heterocycles. The first-order valence-electron chi connectivity index (χ1n) is 6.48. The van der Waals surface area contributed by atoms with Gasteiger partial charge >= 0.3 is 0 Å². The second kappa shape index (κ2) is 8.45. The Kier molecular flexibility index (Phi) is 8.14. The standard InChI is InChI=1S/C12H24Br2NP/c13-12(14)9-5-1-3-7-11(15-16)8-4-2-6-10-12/h11,15H,1-10,16H2. The molecule has 1 unspecified atom stereocenters. The van der Waals surface area contributed by atoms with Crippen molar-refractivity contribution in [2.45, 2.75) is 73.5 Å². The molecule has 1 rings (SSSR count). The molecule has 0 aromatic carbocycles. The molecule has 16 heavy (non-hydrogen) atoms. The Bertz CT molecular complexity index is 172. The fourth-order valence-corrected chi connectivity index (χ4v) is 3.79. The average molecular weight is 373 g/mol. The molecule has 0 radical (unpaired) electrons. The number of hydrogen-bond donors (Lipinski definition) is 1. The maximum atomic E-state index is 3.81. The molecule has 1 aliphatic rings. The van der Waals surface area contributed by atoms with Crippen LogP contribution in [0.3, 0.4) is 0 Å². The molecule has 0 amide bonds. The van der Waals surface area contributed by atoms with Crippen LogP contribution in [0.25, 0.3) is 0 Å². The van der Waals surface area contributed by atoms with Gasteiger partial charge in [-0.2, -0.15) is 0 Å². The van der Waals surface area contributed by atoms with Crippen LogP contribution in [-0.2, 0) is 0 Å². The van der Waals surface area contributed by atoms with Gasteiger partial charge in [-0.15, -0.1) is 0 Å². The van der Waals surface area contributed by atoms with Gasteiger partial charge in [0.05, 0.1) is 3.23 Å². The molecule has 1 nitrogen and oxygen atoms in total. The first-order valence-corrected chi connectivity index (χ1v) is 8.64. The van der Waals surface area contributed by atoms with Crippen molar-refractivity contribution in [2.75, 3.05) is 0 Å². The molecule has 1 saturated carbocycles. The monoisotopic (exact) mass is 371 g/mol. The summed E-state index contributed by atoms with van der Waals surface area (Å²) in [6, 6.07) is 0.724. The number of alkyl halides is 2. The first-order chi connectivity index (χ1) is 7.64. The minimum Gasteiger partial charge on any atom is -0.298 e. The minimum atomic E-state index is 0.220. The number of halogens is 2. The third-order valence-electron chi connectivity index (χ3n) is 3.43. The van der Waals surface area contributed by atoms with E-state index in [2.05, 4.69) is 46.3 Å². The van der Waals surface area contributed by atoms with Crippen LogP contribution in [-0.4, -0.2) is 9.28 Å². The van der Waals surface area contributed by atoms with Crippen LogP contribution in [0.15, 0.2) is 0 Å². The Balaban J connectivity index is 2.33. The van der Waals surface area contributed by atoms with E-state index in [0.717, 1.165) is 6.04 Å². The lowest BCUT2D eigenvalue weighted by atomic mass is 9.98. The van der Waals surface area contributed by atoms with Crippen molar-refractivity contribution in [3.05, 3.63) is 0 Å². The van der Waals surface area contributed by atoms with Gasteiger partial charge in [-0.25, -0.2) is 0 Å². The van der Waals surface area contributed by atoms with Crippen LogP contribution in [0.4, 0.5) is 0 Å². The van der Waals surface area contributed by atoms with E-state index in [4.69, 9.17) is 0 Å². The van der Waals surface area contributed by atoms with E-state index in [9.17, 15) is 0 Å². The topological polar surface area (TPSA) is 12.0 Å². The zero-order chi connectivity index (χ0) is 11.9. The maximum absolute atomic E-state index is 3.81. The SMILES string of the molecule is PNC1CCCCCC(Br)(Br)CCCCC1. The normalized spacial score (nSPS) is 25.7. The van der Waals surface area contributed by atoms with Crippen LogP contribution < -0.4 is 5.09 Å². The van der Waals surface area contributed by atoms with E-state index in [-0.39, 0.29) is 3.23 Å². The summed E-state index contributed by atoms with van der Waals surface area (Å²) in [6.45, 7) is 0. The third kappa shape index (κ3) is 6.93. The Hall–Kier alpha value is 1.35. The summed E-state index contributed by atoms with van der Waals surface area (Å²) in [4.78, 5) is 0. The molecule has 1 N–H and O–H groups in total. The fourth-order valence-electron chi connectivity index (χ4n) is 2.34. The van der Waals surface area contributed by atoms with Crippen LogP contribution in [0.1, 0.15) is 64.2 Å². The lowest BCUT2D eigenvalue weighted by Gasteiger charge is -2.22. The third-order valence-corrected chi connectivity index (χ3v) is 5.48. The molecule has 0 heterocycles. The van der Waals surface area contributed by atoms with E-state index in [1.54, 1.807) is 0 Å². The molecule has 1 aliphatic carbocycles. The summed E-state index contributed by atoms with van der Waals surface area (Å²) in [5.74, 6) is 0. The summed E-state index contributed by atoms with van der Waals surface area (Å²) < 4.78 is 0.220. The minimum absolute atomic E-state index is 0.220. The van der Waals surface area contributed by atoms with Crippen molar-refractivity contribution in [2.24, 2.45) is 0 Å². The summed E-state index contributed by atoms with van der Waals surface area (Å²) in [5.41, 5.74) is 0. The molecule has 1 fully saturated rings. The highest BCUT2D eigenvalue weighted by molar-refractivity contribution is 9.25. The Morgan fingerprint density at radius 3 is 1.81 bits per heavy atom. The lowest BCUT2D eigenvalue weighted by molar-refractivity contribution is 0.451. The smallest absolute Gasteiger partial charge is 0.0805 e. The Morgan fingerprint density at radius 1 is 0.875 bits per heavy atom. The molecule has 0 saturated heterocycles. The molecular formula is C12H24Br2NP. The molecule has 1 atom stereocenters. The van der Waals surface area contributed by atoms with Gasteiger partial charge in [-0.3, -0.25) is 5.09 Å². The van der Waals surface area contributed by atoms with Crippen molar-refractivity contribution in [1.82, 2.24) is 5.09 Å². The molecule has 0 bridgehead atoms. The number of hydrogen-bond acceptors (Lipinski definition) is 1. The summed E-state index contributed by atoms with van der Waals surface area (Å²) >= 11 is 7.62. The zero-order valence-electron chi connectivity index (χ0n) is 9.98. The van der Waals surface area contributed by atoms with Crippen molar-refractivity contribution in [3.63, 3.8) is 0 Å². The van der Waals surface area contributed by atoms with Crippen LogP contribution in [0, 0.1) is 0 Å². The molecular weight excluding hydrogens is 349 g/mol. The van der Waals surface area contributed by atoms with Crippen molar-refractivity contribution < 1.29 is 0 Å². The second-order valence-electron chi connectivity index (χ2n) is 4.92. The van der Waals surface area contributed by atoms with Gasteiger partial charge in [0.25, 0.3) is 0 Å². The van der Waals surface area contributed by atoms with Gasteiger partial charge in [-0.1, -0.05) is 79.8 Å². The van der Waals surface area contributed by atoms with Gasteiger partial charge in [0.15, 0.2) is 0 Å². The van der Waals surface area contributed by atoms with Crippen molar-refractivity contribution in [1.29, 1.82) is 0 Å². The van der Waals surface area contributed by atoms with Gasteiger partial charge in [0, 0.05) is 6.04 Å². The van der Waals surface area contributed by atoms with E-state index >= 15 is 0 Å². The maximum Gasteiger partial charge on any atom is 0.0805 e. The van der Waals surface area contributed by atoms with E-state index in [1.807, 2.05) is 0 Å². The highest BCUT2D eigenvalue weighted by Gasteiger charge is 2.21. The molecule has 4 heteroatoms. The van der Waals surface area contributed by atoms with Crippen LogP contribution in [0.5, 0.6) is 0 Å². The largest absolute Gasteiger partial charge is 0.298 e. The number of rotatable bonds is 1. The van der Waals surface area contributed by atoms with Gasteiger partial charge < -0.3 is 0 Å². The predicted molar refractivity (Wildman–Crippen MR) is 83.4 cm³/mol. The van der Waals surface area contributed by atoms with Crippen LogP contribution >= 0.6 is 41.3 Å². The lowest BCUT2D eigenvalue weighted by Crippen LogP contribution is -2.20. The Morgan fingerprint density at radius 2 is 1.38 bits per heavy atom. The predicted octanol–water partition coefficient (Wildman–Crippen LogP) is 5.14. The molecule has 0 aromatic rings. The van der Waals surface area contributed by atoms with Crippen LogP contribution in [0.2, 0.25) is 0 Å². The van der Waals surface area contributed by atoms with Gasteiger partial charge in [0.2, 0.25) is 0 Å². The van der Waals surface area contributed by atoms with E-state index in [0.29, 0.717) is 0 Å². The van der Waals surface area contributed by atoms with E-state index < -0.39 is 0 Å². The quantitative estimate of drug-likeness (QED) is 0.496. The number of nitrogens with one attached hydrogen (secondary N) is 1. The second-order valence-corrected chi connectivity index (χ2v) is 9.35. The highest BCUT2D eigenvalue weighted by Crippen LogP contribution is 2.38. The average Bonchev–Trinajstić information content (AvgIpc) is 2.23.